The number of pyridine rings is 1. The summed E-state index contributed by atoms with van der Waals surface area (Å²) in [5, 5.41) is 4.57. The van der Waals surface area contributed by atoms with Gasteiger partial charge in [0.1, 0.15) is 11.6 Å². The van der Waals surface area contributed by atoms with Gasteiger partial charge in [-0.3, -0.25) is 4.79 Å². The first-order valence-electron chi connectivity index (χ1n) is 4.88. The van der Waals surface area contributed by atoms with Gasteiger partial charge in [-0.05, 0) is 17.5 Å². The summed E-state index contributed by atoms with van der Waals surface area (Å²) in [6.45, 7) is 0.395. The van der Waals surface area contributed by atoms with Crippen LogP contribution in [-0.2, 0) is 6.54 Å². The van der Waals surface area contributed by atoms with Crippen molar-refractivity contribution in [3.8, 4) is 0 Å². The molecule has 6 heteroatoms. The molecule has 0 aromatic carbocycles. The lowest BCUT2D eigenvalue weighted by Crippen LogP contribution is -2.23. The molecule has 0 radical (unpaired) electrons. The van der Waals surface area contributed by atoms with E-state index in [1.54, 1.807) is 0 Å². The quantitative estimate of drug-likeness (QED) is 0.874. The van der Waals surface area contributed by atoms with Crippen LogP contribution in [0, 0.1) is 5.82 Å². The molecular weight excluding hydrogens is 241 g/mol. The molecule has 3 N–H and O–H groups in total. The van der Waals surface area contributed by atoms with E-state index in [0.29, 0.717) is 6.54 Å². The zero-order valence-corrected chi connectivity index (χ0v) is 9.63. The number of rotatable bonds is 3. The van der Waals surface area contributed by atoms with Crippen LogP contribution in [0.25, 0.3) is 0 Å². The van der Waals surface area contributed by atoms with Gasteiger partial charge in [0.25, 0.3) is 5.91 Å². The molecule has 0 aliphatic carbocycles. The van der Waals surface area contributed by atoms with Gasteiger partial charge in [0.2, 0.25) is 0 Å². The minimum atomic E-state index is -0.583. The molecule has 1 amide bonds. The van der Waals surface area contributed by atoms with E-state index in [9.17, 15) is 9.18 Å². The van der Waals surface area contributed by atoms with E-state index in [0.717, 1.165) is 17.1 Å². The first-order chi connectivity index (χ1) is 8.16. The van der Waals surface area contributed by atoms with Crippen LogP contribution in [0.2, 0.25) is 0 Å². The molecule has 0 spiro atoms. The summed E-state index contributed by atoms with van der Waals surface area (Å²) in [6, 6.07) is 4.87. The predicted molar refractivity (Wildman–Crippen MR) is 64.1 cm³/mol. The summed E-state index contributed by atoms with van der Waals surface area (Å²) >= 11 is 1.53. The minimum Gasteiger partial charge on any atom is -0.383 e. The average molecular weight is 251 g/mol. The number of anilines is 1. The summed E-state index contributed by atoms with van der Waals surface area (Å²) < 4.78 is 12.9. The normalized spacial score (nSPS) is 10.2. The number of carbonyl (C=O) groups excluding carboxylic acids is 1. The molecule has 0 bridgehead atoms. The molecule has 17 heavy (non-hydrogen) atoms. The van der Waals surface area contributed by atoms with E-state index in [4.69, 9.17) is 5.73 Å². The first kappa shape index (κ1) is 11.5. The van der Waals surface area contributed by atoms with Crippen LogP contribution in [-0.4, -0.2) is 10.9 Å². The molecule has 0 atom stereocenters. The summed E-state index contributed by atoms with van der Waals surface area (Å²) in [7, 11) is 0. The first-order valence-corrected chi connectivity index (χ1v) is 5.76. The smallest absolute Gasteiger partial charge is 0.255 e. The van der Waals surface area contributed by atoms with Crippen LogP contribution in [0.3, 0.4) is 0 Å². The number of hydrogen-bond acceptors (Lipinski definition) is 4. The van der Waals surface area contributed by atoms with E-state index >= 15 is 0 Å². The molecule has 0 fully saturated rings. The second kappa shape index (κ2) is 4.92. The monoisotopic (exact) mass is 251 g/mol. The van der Waals surface area contributed by atoms with E-state index in [-0.39, 0.29) is 11.4 Å². The second-order valence-electron chi connectivity index (χ2n) is 3.35. The van der Waals surface area contributed by atoms with Crippen molar-refractivity contribution in [2.45, 2.75) is 6.54 Å². The van der Waals surface area contributed by atoms with Crippen molar-refractivity contribution >= 4 is 23.1 Å². The fourth-order valence-corrected chi connectivity index (χ4v) is 1.95. The fraction of sp³-hybridized carbons (Fsp3) is 0.0909. The summed E-state index contributed by atoms with van der Waals surface area (Å²) in [5.74, 6) is -0.988. The molecule has 2 rings (SSSR count). The number of halogens is 1. The molecule has 2 aromatic rings. The maximum Gasteiger partial charge on any atom is 0.255 e. The Hall–Kier alpha value is -1.95. The third-order valence-electron chi connectivity index (χ3n) is 2.13. The van der Waals surface area contributed by atoms with E-state index < -0.39 is 11.7 Å². The number of aromatic nitrogens is 1. The Balaban J connectivity index is 2.07. The Bertz CT molecular complexity index is 528. The molecule has 0 aliphatic heterocycles. The number of nitrogens with zero attached hydrogens (tertiary/aromatic N) is 1. The number of nitrogens with one attached hydrogen (secondary N) is 1. The van der Waals surface area contributed by atoms with Gasteiger partial charge < -0.3 is 11.1 Å². The van der Waals surface area contributed by atoms with Crippen molar-refractivity contribution in [3.05, 3.63) is 46.0 Å². The van der Waals surface area contributed by atoms with Crippen molar-refractivity contribution in [1.29, 1.82) is 0 Å². The van der Waals surface area contributed by atoms with E-state index in [1.807, 2.05) is 17.5 Å². The lowest BCUT2D eigenvalue weighted by molar-refractivity contribution is 0.0951. The number of nitrogen functional groups attached to an aromatic ring is 1. The summed E-state index contributed by atoms with van der Waals surface area (Å²) in [5.41, 5.74) is 5.56. The van der Waals surface area contributed by atoms with Crippen LogP contribution in [0.4, 0.5) is 10.2 Å². The van der Waals surface area contributed by atoms with Crippen LogP contribution in [0.15, 0.2) is 29.8 Å². The minimum absolute atomic E-state index is 0.0232. The van der Waals surface area contributed by atoms with Gasteiger partial charge in [0.15, 0.2) is 0 Å². The Morgan fingerprint density at radius 3 is 3.12 bits per heavy atom. The van der Waals surface area contributed by atoms with Crippen LogP contribution in [0.1, 0.15) is 15.2 Å². The van der Waals surface area contributed by atoms with Gasteiger partial charge in [-0.2, -0.15) is 0 Å². The zero-order valence-electron chi connectivity index (χ0n) is 8.81. The van der Waals surface area contributed by atoms with Crippen LogP contribution < -0.4 is 11.1 Å². The maximum absolute atomic E-state index is 12.9. The number of thiophene rings is 1. The largest absolute Gasteiger partial charge is 0.383 e. The molecule has 0 saturated carbocycles. The second-order valence-corrected chi connectivity index (χ2v) is 4.38. The molecule has 88 valence electrons. The molecule has 2 heterocycles. The molecule has 4 nitrogen and oxygen atoms in total. The van der Waals surface area contributed by atoms with Crippen LogP contribution in [0.5, 0.6) is 0 Å². The van der Waals surface area contributed by atoms with E-state index in [2.05, 4.69) is 10.3 Å². The zero-order chi connectivity index (χ0) is 12.3. The van der Waals surface area contributed by atoms with Gasteiger partial charge in [-0.25, -0.2) is 9.37 Å². The molecular formula is C11H10FN3OS. The standard InChI is InChI=1S/C11H10FN3OS/c12-7-4-9(10(13)14-5-7)11(16)15-6-8-2-1-3-17-8/h1-5H,6H2,(H2,13,14)(H,15,16). The highest BCUT2D eigenvalue weighted by atomic mass is 32.1. The number of carbonyl (C=O) groups is 1. The highest BCUT2D eigenvalue weighted by Gasteiger charge is 2.11. The van der Waals surface area contributed by atoms with Crippen molar-refractivity contribution < 1.29 is 9.18 Å². The number of nitrogens with two attached hydrogens (primary N) is 1. The fourth-order valence-electron chi connectivity index (χ4n) is 1.31. The van der Waals surface area contributed by atoms with Crippen molar-refractivity contribution in [3.63, 3.8) is 0 Å². The molecule has 0 aliphatic rings. The highest BCUT2D eigenvalue weighted by molar-refractivity contribution is 7.09. The van der Waals surface area contributed by atoms with Crippen molar-refractivity contribution in [2.75, 3.05) is 5.73 Å². The van der Waals surface area contributed by atoms with Gasteiger partial charge in [-0.15, -0.1) is 11.3 Å². The lowest BCUT2D eigenvalue weighted by Gasteiger charge is -2.05. The van der Waals surface area contributed by atoms with Gasteiger partial charge in [-0.1, -0.05) is 6.07 Å². The van der Waals surface area contributed by atoms with Gasteiger partial charge in [0, 0.05) is 4.88 Å². The van der Waals surface area contributed by atoms with Gasteiger partial charge in [0.05, 0.1) is 18.3 Å². The Labute approximate surface area is 101 Å². The highest BCUT2D eigenvalue weighted by Crippen LogP contribution is 2.11. The third kappa shape index (κ3) is 2.79. The van der Waals surface area contributed by atoms with Crippen molar-refractivity contribution in [1.82, 2.24) is 10.3 Å². The van der Waals surface area contributed by atoms with E-state index in [1.165, 1.54) is 11.3 Å². The molecule has 0 saturated heterocycles. The van der Waals surface area contributed by atoms with Crippen molar-refractivity contribution in [2.24, 2.45) is 0 Å². The number of hydrogen-bond donors (Lipinski definition) is 2. The Morgan fingerprint density at radius 2 is 2.41 bits per heavy atom. The van der Waals surface area contributed by atoms with Crippen LogP contribution >= 0.6 is 11.3 Å². The topological polar surface area (TPSA) is 68.0 Å². The average Bonchev–Trinajstić information content (AvgIpc) is 2.82. The predicted octanol–water partition coefficient (Wildman–Crippen LogP) is 1.79. The molecule has 2 aromatic heterocycles. The molecule has 0 unspecified atom stereocenters. The number of amides is 1. The summed E-state index contributed by atoms with van der Waals surface area (Å²) in [4.78, 5) is 16.3. The third-order valence-corrected chi connectivity index (χ3v) is 3.01. The maximum atomic E-state index is 12.9. The Morgan fingerprint density at radius 1 is 1.59 bits per heavy atom. The Kier molecular flexibility index (Phi) is 3.34. The lowest BCUT2D eigenvalue weighted by atomic mass is 10.2. The SMILES string of the molecule is Nc1ncc(F)cc1C(=O)NCc1cccs1. The summed E-state index contributed by atoms with van der Waals surface area (Å²) in [6.07, 6.45) is 0.978. The van der Waals surface area contributed by atoms with Gasteiger partial charge >= 0.3 is 0 Å².